The van der Waals surface area contributed by atoms with E-state index in [9.17, 15) is 39.6 Å². The molecular weight excluding hydrogens is 619 g/mol. The molecule has 1 amide bonds. The molecule has 3 unspecified atom stereocenters. The summed E-state index contributed by atoms with van der Waals surface area (Å²) in [6, 6.07) is 6.90. The van der Waals surface area contributed by atoms with Crippen molar-refractivity contribution in [3.63, 3.8) is 0 Å². The highest BCUT2D eigenvalue weighted by molar-refractivity contribution is 7.98. The van der Waals surface area contributed by atoms with E-state index in [1.54, 1.807) is 35.7 Å². The van der Waals surface area contributed by atoms with Gasteiger partial charge in [-0.1, -0.05) is 44.2 Å². The molecule has 2 aromatic rings. The average Bonchev–Trinajstić information content (AvgIpc) is 3.35. The van der Waals surface area contributed by atoms with Crippen LogP contribution in [0.5, 0.6) is 0 Å². The molecule has 1 fully saturated rings. The molecule has 13 heteroatoms. The molecule has 238 valence electrons. The Morgan fingerprint density at radius 1 is 1.05 bits per heavy atom. The van der Waals surface area contributed by atoms with E-state index in [4.69, 9.17) is 0 Å². The molecule has 1 aliphatic carbocycles. The summed E-state index contributed by atoms with van der Waals surface area (Å²) in [5.74, 6) is 0.448. The van der Waals surface area contributed by atoms with Gasteiger partial charge in [0.2, 0.25) is 5.91 Å². The number of fused-ring (bicyclic) bond motifs is 3. The summed E-state index contributed by atoms with van der Waals surface area (Å²) in [5, 5.41) is 0. The van der Waals surface area contributed by atoms with Gasteiger partial charge in [-0.3, -0.25) is 4.79 Å². The molecule has 0 bridgehead atoms. The van der Waals surface area contributed by atoms with Crippen LogP contribution in [-0.2, 0) is 31.5 Å². The number of nitrogens with zero attached hydrogens (tertiary/aromatic N) is 1. The van der Waals surface area contributed by atoms with Gasteiger partial charge in [0.25, 0.3) is 0 Å². The van der Waals surface area contributed by atoms with E-state index < -0.39 is 49.6 Å². The van der Waals surface area contributed by atoms with Crippen LogP contribution in [0.1, 0.15) is 61.8 Å². The molecule has 0 radical (unpaired) electrons. The number of alkyl halides is 7. The largest absolute Gasteiger partial charge is 0.435 e. The number of thioether (sulfide) groups is 1. The summed E-state index contributed by atoms with van der Waals surface area (Å²) in [6.07, 6.45) is -9.97. The number of aryl methyl sites for hydroxylation is 2. The van der Waals surface area contributed by atoms with Gasteiger partial charge in [-0.15, -0.1) is 0 Å². The minimum absolute atomic E-state index is 0.00156. The Kier molecular flexibility index (Phi) is 8.80. The maximum atomic E-state index is 15.0. The molecule has 2 aliphatic rings. The molecule has 0 N–H and O–H groups in total. The number of hydrogen-bond donors (Lipinski definition) is 0. The third kappa shape index (κ3) is 5.15. The lowest BCUT2D eigenvalue weighted by Gasteiger charge is -2.44. The van der Waals surface area contributed by atoms with Crippen LogP contribution in [0, 0.1) is 12.3 Å². The molecule has 3 atom stereocenters. The van der Waals surface area contributed by atoms with E-state index in [1.807, 2.05) is 20.1 Å². The van der Waals surface area contributed by atoms with Crippen molar-refractivity contribution in [2.75, 3.05) is 18.6 Å². The maximum absolute atomic E-state index is 15.0. The third-order valence-corrected chi connectivity index (χ3v) is 12.4. The second kappa shape index (κ2) is 11.3. The first-order chi connectivity index (χ1) is 19.8. The van der Waals surface area contributed by atoms with Crippen molar-refractivity contribution in [3.8, 4) is 0 Å². The monoisotopic (exact) mass is 653 g/mol. The Morgan fingerprint density at radius 3 is 2.26 bits per heavy atom. The third-order valence-electron chi connectivity index (χ3n) is 9.26. The van der Waals surface area contributed by atoms with Crippen LogP contribution < -0.4 is 0 Å². The van der Waals surface area contributed by atoms with E-state index in [2.05, 4.69) is 0 Å². The molecular formula is C30H34F7NO3S2. The number of amides is 1. The van der Waals surface area contributed by atoms with Crippen LogP contribution in [-0.4, -0.2) is 56.2 Å². The summed E-state index contributed by atoms with van der Waals surface area (Å²) < 4.78 is 124. The van der Waals surface area contributed by atoms with E-state index in [1.165, 1.54) is 12.1 Å². The van der Waals surface area contributed by atoms with Crippen molar-refractivity contribution < 1.29 is 43.9 Å². The second-order valence-electron chi connectivity index (χ2n) is 11.7. The summed E-state index contributed by atoms with van der Waals surface area (Å²) in [4.78, 5) is 15.5. The van der Waals surface area contributed by atoms with Gasteiger partial charge in [0.05, 0.1) is 10.9 Å². The minimum atomic E-state index is -6.31. The van der Waals surface area contributed by atoms with E-state index in [0.717, 1.165) is 6.07 Å². The number of carbonyl (C=O) groups is 1. The van der Waals surface area contributed by atoms with Crippen molar-refractivity contribution in [3.05, 3.63) is 64.7 Å². The SMILES string of the molecule is CCC(C)(CCSC)C(=O)N1CCC2(S(=O)(=O)c3cccc(C)c3)c3ccc(C(F)(C(F)(F)F)C(F)(F)F)cc3CCC12. The first-order valence-electron chi connectivity index (χ1n) is 13.9. The topological polar surface area (TPSA) is 54.5 Å². The highest BCUT2D eigenvalue weighted by Crippen LogP contribution is 2.57. The predicted octanol–water partition coefficient (Wildman–Crippen LogP) is 7.67. The molecule has 43 heavy (non-hydrogen) atoms. The molecule has 4 nitrogen and oxygen atoms in total. The van der Waals surface area contributed by atoms with Gasteiger partial charge < -0.3 is 4.90 Å². The zero-order valence-corrected chi connectivity index (χ0v) is 25.8. The Balaban J connectivity index is 1.94. The van der Waals surface area contributed by atoms with Crippen LogP contribution >= 0.6 is 11.8 Å². The summed E-state index contributed by atoms with van der Waals surface area (Å²) >= 11 is 1.57. The Hall–Kier alpha value is -2.28. The lowest BCUT2D eigenvalue weighted by atomic mass is 9.76. The van der Waals surface area contributed by atoms with Crippen LogP contribution in [0.25, 0.3) is 0 Å². The molecule has 1 saturated heterocycles. The smallest absolute Gasteiger partial charge is 0.337 e. The van der Waals surface area contributed by atoms with Gasteiger partial charge in [0.1, 0.15) is 4.75 Å². The minimum Gasteiger partial charge on any atom is -0.337 e. The highest BCUT2D eigenvalue weighted by atomic mass is 32.2. The number of rotatable bonds is 8. The van der Waals surface area contributed by atoms with Crippen molar-refractivity contribution in [2.45, 2.75) is 86.6 Å². The zero-order chi connectivity index (χ0) is 32.2. The fourth-order valence-corrected chi connectivity index (χ4v) is 9.70. The first kappa shape index (κ1) is 33.6. The van der Waals surface area contributed by atoms with Gasteiger partial charge in [-0.25, -0.2) is 12.8 Å². The molecule has 0 spiro atoms. The van der Waals surface area contributed by atoms with E-state index >= 15 is 4.39 Å². The molecule has 4 rings (SSSR count). The molecule has 1 heterocycles. The van der Waals surface area contributed by atoms with Gasteiger partial charge >= 0.3 is 18.0 Å². The number of sulfone groups is 1. The predicted molar refractivity (Wildman–Crippen MR) is 151 cm³/mol. The van der Waals surface area contributed by atoms with Crippen LogP contribution in [0.3, 0.4) is 0 Å². The van der Waals surface area contributed by atoms with Crippen molar-refractivity contribution in [1.82, 2.24) is 4.90 Å². The number of benzene rings is 2. The van der Waals surface area contributed by atoms with Crippen molar-refractivity contribution in [1.29, 1.82) is 0 Å². The molecule has 0 aromatic heterocycles. The highest BCUT2D eigenvalue weighted by Gasteiger charge is 2.74. The van der Waals surface area contributed by atoms with Crippen molar-refractivity contribution >= 4 is 27.5 Å². The second-order valence-corrected chi connectivity index (χ2v) is 14.9. The van der Waals surface area contributed by atoms with Gasteiger partial charge in [0, 0.05) is 17.5 Å². The van der Waals surface area contributed by atoms with Crippen molar-refractivity contribution in [2.24, 2.45) is 5.41 Å². The van der Waals surface area contributed by atoms with Gasteiger partial charge in [0.15, 0.2) is 9.84 Å². The lowest BCUT2D eigenvalue weighted by Crippen LogP contribution is -2.55. The Morgan fingerprint density at radius 2 is 1.70 bits per heavy atom. The standard InChI is InChI=1S/C30H34F7NO3S2/c1-5-26(3,14-16-42-4)25(39)38-15-13-27(43(40,41)22-8-6-7-19(2)17-22)23-11-10-21(18-20(23)9-12-24(27)38)28(31,29(32,33)34)30(35,36)37/h6-8,10-11,17-18,24H,5,9,12-16H2,1-4H3. The molecule has 0 saturated carbocycles. The Bertz CT molecular complexity index is 1480. The van der Waals surface area contributed by atoms with E-state index in [-0.39, 0.29) is 47.7 Å². The van der Waals surface area contributed by atoms with Gasteiger partial charge in [-0.05, 0) is 79.9 Å². The maximum Gasteiger partial charge on any atom is 0.435 e. The molecule has 2 aromatic carbocycles. The summed E-state index contributed by atoms with van der Waals surface area (Å²) in [7, 11) is -4.37. The number of halogens is 7. The number of likely N-dealkylation sites (tertiary alicyclic amines) is 1. The van der Waals surface area contributed by atoms with Crippen LogP contribution in [0.15, 0.2) is 47.4 Å². The van der Waals surface area contributed by atoms with E-state index in [0.29, 0.717) is 36.3 Å². The summed E-state index contributed by atoms with van der Waals surface area (Å²) in [5.41, 5.74) is -7.60. The number of hydrogen-bond acceptors (Lipinski definition) is 4. The quantitative estimate of drug-likeness (QED) is 0.275. The van der Waals surface area contributed by atoms with Crippen LogP contribution in [0.4, 0.5) is 30.7 Å². The normalized spacial score (nSPS) is 22.6. The lowest BCUT2D eigenvalue weighted by molar-refractivity contribution is -0.348. The zero-order valence-electron chi connectivity index (χ0n) is 24.2. The average molecular weight is 654 g/mol. The Labute approximate surface area is 251 Å². The number of carbonyl (C=O) groups excluding carboxylic acids is 1. The summed E-state index contributed by atoms with van der Waals surface area (Å²) in [6.45, 7) is 5.40. The van der Waals surface area contributed by atoms with Gasteiger partial charge in [-0.2, -0.15) is 38.1 Å². The fraction of sp³-hybridized carbons (Fsp3) is 0.567. The van der Waals surface area contributed by atoms with Crippen LogP contribution in [0.2, 0.25) is 0 Å². The first-order valence-corrected chi connectivity index (χ1v) is 16.8. The fourth-order valence-electron chi connectivity index (χ4n) is 6.57. The molecule has 1 aliphatic heterocycles.